The van der Waals surface area contributed by atoms with Crippen LogP contribution in [0.3, 0.4) is 0 Å². The van der Waals surface area contributed by atoms with Crippen LogP contribution >= 0.6 is 23.2 Å². The summed E-state index contributed by atoms with van der Waals surface area (Å²) in [6, 6.07) is 8.78. The van der Waals surface area contributed by atoms with Crippen molar-refractivity contribution in [2.45, 2.75) is 6.92 Å². The van der Waals surface area contributed by atoms with Gasteiger partial charge < -0.3 is 4.74 Å². The molecular weight excluding hydrogens is 290 g/mol. The van der Waals surface area contributed by atoms with Crippen LogP contribution in [-0.4, -0.2) is 5.78 Å². The fourth-order valence-corrected chi connectivity index (χ4v) is 2.15. The molecule has 2 rings (SSSR count). The minimum atomic E-state index is -0.627. The van der Waals surface area contributed by atoms with Gasteiger partial charge in [-0.25, -0.2) is 4.39 Å². The van der Waals surface area contributed by atoms with Gasteiger partial charge >= 0.3 is 0 Å². The van der Waals surface area contributed by atoms with Crippen LogP contribution in [0.25, 0.3) is 0 Å². The summed E-state index contributed by atoms with van der Waals surface area (Å²) in [5, 5.41) is 0.784. The van der Waals surface area contributed by atoms with E-state index in [4.69, 9.17) is 27.9 Å². The summed E-state index contributed by atoms with van der Waals surface area (Å²) >= 11 is 11.7. The van der Waals surface area contributed by atoms with Gasteiger partial charge in [0, 0.05) is 10.0 Å². The van der Waals surface area contributed by atoms with Crippen molar-refractivity contribution in [2.24, 2.45) is 0 Å². The number of ether oxygens (including phenoxy) is 1. The molecule has 0 aliphatic carbocycles. The van der Waals surface area contributed by atoms with Crippen LogP contribution in [0.5, 0.6) is 11.5 Å². The van der Waals surface area contributed by atoms with E-state index in [0.29, 0.717) is 15.8 Å². The number of carbonyl (C=O) groups excluding carboxylic acids is 1. The first-order chi connectivity index (χ1) is 8.97. The van der Waals surface area contributed by atoms with E-state index in [2.05, 4.69) is 0 Å². The fourth-order valence-electron chi connectivity index (χ4n) is 1.65. The Hall–Kier alpha value is -1.58. The van der Waals surface area contributed by atoms with E-state index in [1.165, 1.54) is 37.3 Å². The Kier molecular flexibility index (Phi) is 4.08. The Balaban J connectivity index is 2.43. The van der Waals surface area contributed by atoms with Crippen molar-refractivity contribution in [3.05, 3.63) is 57.8 Å². The average molecular weight is 299 g/mol. The molecule has 0 atom stereocenters. The predicted octanol–water partition coefficient (Wildman–Crippen LogP) is 5.13. The number of carbonyl (C=O) groups is 1. The number of ketones is 1. The highest BCUT2D eigenvalue weighted by Crippen LogP contribution is 2.31. The molecule has 0 amide bonds. The molecule has 0 aliphatic rings. The summed E-state index contributed by atoms with van der Waals surface area (Å²) in [6.07, 6.45) is 0. The molecule has 0 aromatic heterocycles. The van der Waals surface area contributed by atoms with E-state index in [0.717, 1.165) is 0 Å². The number of halogens is 3. The molecule has 0 fully saturated rings. The fraction of sp³-hybridized carbons (Fsp3) is 0.0714. The maximum Gasteiger partial charge on any atom is 0.166 e. The molecule has 5 heteroatoms. The molecule has 98 valence electrons. The summed E-state index contributed by atoms with van der Waals surface area (Å²) in [5.41, 5.74) is -0.0985. The van der Waals surface area contributed by atoms with Crippen molar-refractivity contribution in [3.8, 4) is 11.5 Å². The van der Waals surface area contributed by atoms with E-state index in [-0.39, 0.29) is 11.3 Å². The monoisotopic (exact) mass is 298 g/mol. The Labute approximate surface area is 119 Å². The van der Waals surface area contributed by atoms with E-state index in [1.807, 2.05) is 0 Å². The molecule has 0 saturated carbocycles. The van der Waals surface area contributed by atoms with Crippen molar-refractivity contribution < 1.29 is 13.9 Å². The van der Waals surface area contributed by atoms with Crippen LogP contribution in [-0.2, 0) is 0 Å². The number of hydrogen-bond acceptors (Lipinski definition) is 2. The zero-order valence-corrected chi connectivity index (χ0v) is 11.4. The molecule has 2 nitrogen and oxygen atoms in total. The van der Waals surface area contributed by atoms with Crippen LogP contribution in [0, 0.1) is 5.82 Å². The second kappa shape index (κ2) is 5.59. The van der Waals surface area contributed by atoms with Gasteiger partial charge in [-0.15, -0.1) is 0 Å². The molecule has 19 heavy (non-hydrogen) atoms. The number of Topliss-reactive ketones (excluding diaryl/α,β-unsaturated/α-hetero) is 1. The molecule has 0 unspecified atom stereocenters. The molecule has 0 saturated heterocycles. The molecule has 0 bridgehead atoms. The first-order valence-corrected chi connectivity index (χ1v) is 6.16. The lowest BCUT2D eigenvalue weighted by atomic mass is 10.1. The maximum atomic E-state index is 13.6. The second-order valence-electron chi connectivity index (χ2n) is 3.88. The highest BCUT2D eigenvalue weighted by Gasteiger charge is 2.15. The second-order valence-corrected chi connectivity index (χ2v) is 4.75. The molecule has 0 radical (unpaired) electrons. The molecule has 2 aromatic rings. The quantitative estimate of drug-likeness (QED) is 0.735. The third kappa shape index (κ3) is 3.25. The summed E-state index contributed by atoms with van der Waals surface area (Å²) in [5.74, 6) is -0.573. The average Bonchev–Trinajstić information content (AvgIpc) is 2.26. The van der Waals surface area contributed by atoms with E-state index in [9.17, 15) is 9.18 Å². The summed E-state index contributed by atoms with van der Waals surface area (Å²) < 4.78 is 19.1. The molecule has 0 spiro atoms. The van der Waals surface area contributed by atoms with Gasteiger partial charge in [-0.3, -0.25) is 4.79 Å². The van der Waals surface area contributed by atoms with Crippen molar-refractivity contribution in [1.29, 1.82) is 0 Å². The normalized spacial score (nSPS) is 10.3. The zero-order valence-electron chi connectivity index (χ0n) is 9.91. The minimum Gasteiger partial charge on any atom is -0.456 e. The first-order valence-electron chi connectivity index (χ1n) is 5.41. The lowest BCUT2D eigenvalue weighted by molar-refractivity contribution is 0.101. The van der Waals surface area contributed by atoms with E-state index in [1.54, 1.807) is 6.07 Å². The summed E-state index contributed by atoms with van der Waals surface area (Å²) in [6.45, 7) is 1.27. The molecule has 0 N–H and O–H groups in total. The number of benzene rings is 2. The Morgan fingerprint density at radius 1 is 1.16 bits per heavy atom. The van der Waals surface area contributed by atoms with Gasteiger partial charge in [-0.1, -0.05) is 29.3 Å². The molecule has 2 aromatic carbocycles. The maximum absolute atomic E-state index is 13.6. The van der Waals surface area contributed by atoms with E-state index < -0.39 is 11.6 Å². The molecular formula is C14H9Cl2FO2. The van der Waals surface area contributed by atoms with Gasteiger partial charge in [0.2, 0.25) is 0 Å². The van der Waals surface area contributed by atoms with Crippen molar-refractivity contribution in [2.75, 3.05) is 0 Å². The Morgan fingerprint density at radius 2 is 1.79 bits per heavy atom. The van der Waals surface area contributed by atoms with Gasteiger partial charge in [-0.2, -0.15) is 0 Å². The van der Waals surface area contributed by atoms with Crippen LogP contribution in [0.1, 0.15) is 17.3 Å². The lowest BCUT2D eigenvalue weighted by Crippen LogP contribution is -2.00. The minimum absolute atomic E-state index is 0.0985. The van der Waals surface area contributed by atoms with Crippen LogP contribution in [0.4, 0.5) is 4.39 Å². The van der Waals surface area contributed by atoms with Crippen LogP contribution in [0.2, 0.25) is 10.0 Å². The predicted molar refractivity (Wildman–Crippen MR) is 72.9 cm³/mol. The highest BCUT2D eigenvalue weighted by atomic mass is 35.5. The Bertz CT molecular complexity index is 621. The number of hydrogen-bond donors (Lipinski definition) is 0. The van der Waals surface area contributed by atoms with Crippen LogP contribution in [0.15, 0.2) is 36.4 Å². The third-order valence-electron chi connectivity index (χ3n) is 2.39. The lowest BCUT2D eigenvalue weighted by Gasteiger charge is -2.10. The van der Waals surface area contributed by atoms with Crippen molar-refractivity contribution in [3.63, 3.8) is 0 Å². The van der Waals surface area contributed by atoms with Crippen molar-refractivity contribution in [1.82, 2.24) is 0 Å². The largest absolute Gasteiger partial charge is 0.456 e. The van der Waals surface area contributed by atoms with E-state index >= 15 is 0 Å². The standard InChI is InChI=1S/C14H9Cl2FO2/c1-8(18)14-12(17)3-2-4-13(14)19-11-6-9(15)5-10(16)7-11/h2-7H,1H3. The summed E-state index contributed by atoms with van der Waals surface area (Å²) in [7, 11) is 0. The molecule has 0 heterocycles. The first kappa shape index (κ1) is 13.8. The smallest absolute Gasteiger partial charge is 0.166 e. The van der Waals surface area contributed by atoms with Gasteiger partial charge in [-0.05, 0) is 37.3 Å². The molecule has 0 aliphatic heterocycles. The number of rotatable bonds is 3. The van der Waals surface area contributed by atoms with Gasteiger partial charge in [0.1, 0.15) is 17.3 Å². The Morgan fingerprint density at radius 3 is 2.37 bits per heavy atom. The highest BCUT2D eigenvalue weighted by molar-refractivity contribution is 6.34. The third-order valence-corrected chi connectivity index (χ3v) is 2.83. The van der Waals surface area contributed by atoms with Crippen LogP contribution < -0.4 is 4.74 Å². The van der Waals surface area contributed by atoms with Gasteiger partial charge in [0.05, 0.1) is 5.56 Å². The van der Waals surface area contributed by atoms with Gasteiger partial charge in [0.25, 0.3) is 0 Å². The summed E-state index contributed by atoms with van der Waals surface area (Å²) in [4.78, 5) is 11.4. The topological polar surface area (TPSA) is 26.3 Å². The van der Waals surface area contributed by atoms with Crippen molar-refractivity contribution >= 4 is 29.0 Å². The zero-order chi connectivity index (χ0) is 14.0. The van der Waals surface area contributed by atoms with Gasteiger partial charge in [0.15, 0.2) is 5.78 Å². The SMILES string of the molecule is CC(=O)c1c(F)cccc1Oc1cc(Cl)cc(Cl)c1.